The second-order valence-electron chi connectivity index (χ2n) is 6.23. The summed E-state index contributed by atoms with van der Waals surface area (Å²) in [5.41, 5.74) is 3.18. The Morgan fingerprint density at radius 1 is 1.23 bits per heavy atom. The first-order valence-corrected chi connectivity index (χ1v) is 8.14. The predicted molar refractivity (Wildman–Crippen MR) is 89.2 cm³/mol. The molecule has 1 N–H and O–H groups in total. The van der Waals surface area contributed by atoms with E-state index in [9.17, 15) is 4.79 Å². The summed E-state index contributed by atoms with van der Waals surface area (Å²) >= 11 is 0. The van der Waals surface area contributed by atoms with Crippen LogP contribution >= 0.6 is 0 Å². The second-order valence-corrected chi connectivity index (χ2v) is 6.23. The normalized spacial score (nSPS) is 24.6. The van der Waals surface area contributed by atoms with Crippen LogP contribution in [0.1, 0.15) is 26.2 Å². The molecular weight excluding hydrogens is 276 g/mol. The van der Waals surface area contributed by atoms with Crippen molar-refractivity contribution < 1.29 is 9.53 Å². The van der Waals surface area contributed by atoms with E-state index in [1.807, 2.05) is 6.20 Å². The Labute approximate surface area is 132 Å². The molecular formula is C18H24N2O2. The molecule has 1 aromatic rings. The first-order chi connectivity index (χ1) is 10.7. The van der Waals surface area contributed by atoms with Gasteiger partial charge in [-0.1, -0.05) is 6.92 Å². The number of benzene rings is 1. The van der Waals surface area contributed by atoms with Gasteiger partial charge < -0.3 is 15.0 Å². The first kappa shape index (κ1) is 15.1. The van der Waals surface area contributed by atoms with Gasteiger partial charge in [-0.05, 0) is 43.0 Å². The van der Waals surface area contributed by atoms with Crippen LogP contribution in [0.4, 0.5) is 11.4 Å². The number of hydrogen-bond acceptors (Lipinski definition) is 4. The topological polar surface area (TPSA) is 41.6 Å². The minimum atomic E-state index is 0.288. The zero-order chi connectivity index (χ0) is 15.4. The van der Waals surface area contributed by atoms with E-state index >= 15 is 0 Å². The van der Waals surface area contributed by atoms with E-state index in [0.717, 1.165) is 50.4 Å². The Kier molecular flexibility index (Phi) is 4.78. The van der Waals surface area contributed by atoms with Crippen molar-refractivity contribution in [1.29, 1.82) is 0 Å². The molecule has 1 atom stereocenters. The molecule has 1 saturated carbocycles. The number of ketones is 1. The fourth-order valence-electron chi connectivity index (χ4n) is 3.03. The quantitative estimate of drug-likeness (QED) is 0.870. The maximum absolute atomic E-state index is 11.9. The number of anilines is 2. The van der Waals surface area contributed by atoms with Gasteiger partial charge in [0.05, 0.1) is 13.2 Å². The van der Waals surface area contributed by atoms with E-state index in [1.165, 1.54) is 5.69 Å². The number of Topliss-reactive ketones (excluding diaryl/α,β-unsaturated/α-hetero) is 1. The Morgan fingerprint density at radius 3 is 2.68 bits per heavy atom. The van der Waals surface area contributed by atoms with Gasteiger partial charge >= 0.3 is 0 Å². The summed E-state index contributed by atoms with van der Waals surface area (Å²) in [6.45, 7) is 5.70. The largest absolute Gasteiger partial charge is 0.378 e. The van der Waals surface area contributed by atoms with Crippen LogP contribution in [0.5, 0.6) is 0 Å². The monoisotopic (exact) mass is 300 g/mol. The molecule has 3 rings (SSSR count). The standard InChI is InChI=1S/C18H24N2O2/c1-14-2-7-18(21)15(12-14)13-19-16-3-5-17(6-4-16)20-8-10-22-11-9-20/h3-6,13-14,19H,2,7-12H2,1H3. The van der Waals surface area contributed by atoms with Gasteiger partial charge in [0.15, 0.2) is 5.78 Å². The molecule has 1 aliphatic carbocycles. The van der Waals surface area contributed by atoms with E-state index in [2.05, 4.69) is 41.4 Å². The molecule has 1 heterocycles. The number of carbonyl (C=O) groups excluding carboxylic acids is 1. The van der Waals surface area contributed by atoms with E-state index in [0.29, 0.717) is 12.3 Å². The molecule has 4 nitrogen and oxygen atoms in total. The van der Waals surface area contributed by atoms with Crippen molar-refractivity contribution in [2.75, 3.05) is 36.5 Å². The summed E-state index contributed by atoms with van der Waals surface area (Å²) < 4.78 is 5.38. The highest BCUT2D eigenvalue weighted by Gasteiger charge is 2.20. The summed E-state index contributed by atoms with van der Waals surface area (Å²) in [7, 11) is 0. The maximum atomic E-state index is 11.9. The van der Waals surface area contributed by atoms with Crippen LogP contribution in [0.25, 0.3) is 0 Å². The minimum absolute atomic E-state index is 0.288. The third-order valence-electron chi connectivity index (χ3n) is 4.45. The molecule has 1 aromatic carbocycles. The van der Waals surface area contributed by atoms with Gasteiger partial charge in [-0.25, -0.2) is 0 Å². The Bertz CT molecular complexity index is 545. The fraction of sp³-hybridized carbons (Fsp3) is 0.500. The van der Waals surface area contributed by atoms with E-state index in [4.69, 9.17) is 4.74 Å². The Hall–Kier alpha value is -1.81. The summed E-state index contributed by atoms with van der Waals surface area (Å²) in [6, 6.07) is 8.38. The fourth-order valence-corrected chi connectivity index (χ4v) is 3.03. The van der Waals surface area contributed by atoms with Crippen molar-refractivity contribution in [2.45, 2.75) is 26.2 Å². The summed E-state index contributed by atoms with van der Waals surface area (Å²) in [5.74, 6) is 0.894. The van der Waals surface area contributed by atoms with Gasteiger partial charge in [0, 0.05) is 42.7 Å². The first-order valence-electron chi connectivity index (χ1n) is 8.14. The van der Waals surface area contributed by atoms with Gasteiger partial charge in [-0.2, -0.15) is 0 Å². The average Bonchev–Trinajstić information content (AvgIpc) is 2.57. The molecule has 0 radical (unpaired) electrons. The Balaban J connectivity index is 1.62. The maximum Gasteiger partial charge on any atom is 0.160 e. The van der Waals surface area contributed by atoms with Crippen molar-refractivity contribution in [3.63, 3.8) is 0 Å². The number of carbonyl (C=O) groups is 1. The molecule has 1 unspecified atom stereocenters. The summed E-state index contributed by atoms with van der Waals surface area (Å²) in [5, 5.41) is 3.27. The average molecular weight is 300 g/mol. The van der Waals surface area contributed by atoms with Crippen LogP contribution in [0.3, 0.4) is 0 Å². The smallest absolute Gasteiger partial charge is 0.160 e. The Morgan fingerprint density at radius 2 is 1.95 bits per heavy atom. The van der Waals surface area contributed by atoms with E-state index in [-0.39, 0.29) is 5.78 Å². The lowest BCUT2D eigenvalue weighted by atomic mass is 9.86. The molecule has 118 valence electrons. The molecule has 0 spiro atoms. The highest BCUT2D eigenvalue weighted by molar-refractivity contribution is 5.96. The van der Waals surface area contributed by atoms with Crippen LogP contribution in [-0.4, -0.2) is 32.1 Å². The molecule has 1 saturated heterocycles. The SMILES string of the molecule is CC1CCC(=O)C(=CNc2ccc(N3CCOCC3)cc2)C1. The molecule has 2 aliphatic rings. The lowest BCUT2D eigenvalue weighted by Crippen LogP contribution is -2.36. The van der Waals surface area contributed by atoms with Crippen LogP contribution in [0.2, 0.25) is 0 Å². The third kappa shape index (κ3) is 3.69. The van der Waals surface area contributed by atoms with Gasteiger partial charge in [0.25, 0.3) is 0 Å². The number of allylic oxidation sites excluding steroid dienone is 1. The molecule has 0 aromatic heterocycles. The van der Waals surface area contributed by atoms with Crippen molar-refractivity contribution >= 4 is 17.2 Å². The number of nitrogens with one attached hydrogen (secondary N) is 1. The zero-order valence-corrected chi connectivity index (χ0v) is 13.2. The number of nitrogens with zero attached hydrogens (tertiary/aromatic N) is 1. The lowest BCUT2D eigenvalue weighted by Gasteiger charge is -2.28. The van der Waals surface area contributed by atoms with Gasteiger partial charge in [-0.15, -0.1) is 0 Å². The van der Waals surface area contributed by atoms with E-state index < -0.39 is 0 Å². The third-order valence-corrected chi connectivity index (χ3v) is 4.45. The molecule has 0 bridgehead atoms. The highest BCUT2D eigenvalue weighted by atomic mass is 16.5. The molecule has 2 fully saturated rings. The van der Waals surface area contributed by atoms with Gasteiger partial charge in [0.2, 0.25) is 0 Å². The second kappa shape index (κ2) is 6.97. The van der Waals surface area contributed by atoms with Crippen LogP contribution in [0.15, 0.2) is 36.0 Å². The van der Waals surface area contributed by atoms with Crippen molar-refractivity contribution in [3.05, 3.63) is 36.0 Å². The molecule has 4 heteroatoms. The number of rotatable bonds is 3. The summed E-state index contributed by atoms with van der Waals surface area (Å²) in [4.78, 5) is 14.2. The molecule has 1 aliphatic heterocycles. The summed E-state index contributed by atoms with van der Waals surface area (Å²) in [6.07, 6.45) is 4.48. The lowest BCUT2D eigenvalue weighted by molar-refractivity contribution is -0.116. The van der Waals surface area contributed by atoms with Crippen LogP contribution in [0, 0.1) is 5.92 Å². The number of hydrogen-bond donors (Lipinski definition) is 1. The van der Waals surface area contributed by atoms with Gasteiger partial charge in [0.1, 0.15) is 0 Å². The number of morpholine rings is 1. The number of ether oxygens (including phenoxy) is 1. The van der Waals surface area contributed by atoms with Crippen molar-refractivity contribution in [3.8, 4) is 0 Å². The van der Waals surface area contributed by atoms with Crippen LogP contribution in [-0.2, 0) is 9.53 Å². The van der Waals surface area contributed by atoms with Gasteiger partial charge in [-0.3, -0.25) is 4.79 Å². The molecule has 0 amide bonds. The van der Waals surface area contributed by atoms with Crippen LogP contribution < -0.4 is 10.2 Å². The minimum Gasteiger partial charge on any atom is -0.378 e. The van der Waals surface area contributed by atoms with Crippen molar-refractivity contribution in [2.24, 2.45) is 5.92 Å². The van der Waals surface area contributed by atoms with E-state index in [1.54, 1.807) is 0 Å². The van der Waals surface area contributed by atoms with Crippen molar-refractivity contribution in [1.82, 2.24) is 0 Å². The predicted octanol–water partition coefficient (Wildman–Crippen LogP) is 3.21. The highest BCUT2D eigenvalue weighted by Crippen LogP contribution is 2.26. The molecule has 22 heavy (non-hydrogen) atoms. The zero-order valence-electron chi connectivity index (χ0n) is 13.2.